The lowest BCUT2D eigenvalue weighted by Crippen LogP contribution is -2.33. The van der Waals surface area contributed by atoms with Crippen molar-refractivity contribution in [1.29, 1.82) is 0 Å². The highest BCUT2D eigenvalue weighted by molar-refractivity contribution is 5.71. The standard InChI is InChI=1S/C31H52O3/c1-4-6-8-9-10-11-14-19-27(18-13-7-5-2)22-17-23-29(30(26(3)32)31(33)34)25-24-28-20-15-12-16-21-28/h11-12,14-16,20-21,26-27,29-30,32H,4-10,13,17-19,22-25H2,1-3H3,(H,33,34)/t26-,27-,29+,30+/m0/s1. The van der Waals surface area contributed by atoms with E-state index >= 15 is 0 Å². The van der Waals surface area contributed by atoms with Crippen molar-refractivity contribution in [3.05, 3.63) is 48.0 Å². The lowest BCUT2D eigenvalue weighted by Gasteiger charge is -2.27. The molecule has 0 spiro atoms. The summed E-state index contributed by atoms with van der Waals surface area (Å²) in [6.45, 7) is 6.14. The number of aliphatic hydroxyl groups excluding tert-OH is 1. The maximum atomic E-state index is 12.0. The van der Waals surface area contributed by atoms with Gasteiger partial charge in [0, 0.05) is 0 Å². The van der Waals surface area contributed by atoms with Gasteiger partial charge in [-0.1, -0.05) is 114 Å². The van der Waals surface area contributed by atoms with Crippen LogP contribution < -0.4 is 0 Å². The van der Waals surface area contributed by atoms with Gasteiger partial charge in [0.15, 0.2) is 0 Å². The molecule has 0 heterocycles. The van der Waals surface area contributed by atoms with Crippen LogP contribution in [0.4, 0.5) is 0 Å². The van der Waals surface area contributed by atoms with Gasteiger partial charge >= 0.3 is 5.97 Å². The minimum Gasteiger partial charge on any atom is -0.481 e. The summed E-state index contributed by atoms with van der Waals surface area (Å²) < 4.78 is 0. The molecule has 194 valence electrons. The zero-order valence-electron chi connectivity index (χ0n) is 22.3. The van der Waals surface area contributed by atoms with Crippen LogP contribution >= 0.6 is 0 Å². The molecule has 4 atom stereocenters. The Morgan fingerprint density at radius 1 is 0.853 bits per heavy atom. The predicted octanol–water partition coefficient (Wildman–Crippen LogP) is 8.60. The Bertz CT molecular complexity index is 637. The molecule has 2 N–H and O–H groups in total. The summed E-state index contributed by atoms with van der Waals surface area (Å²) in [5.74, 6) is -0.866. The second-order valence-corrected chi connectivity index (χ2v) is 10.2. The number of carboxylic acids is 1. The third kappa shape index (κ3) is 13.9. The van der Waals surface area contributed by atoms with Crippen molar-refractivity contribution in [2.75, 3.05) is 0 Å². The topological polar surface area (TPSA) is 57.5 Å². The molecular formula is C31H52O3. The molecule has 0 bridgehead atoms. The Balaban J connectivity index is 2.64. The summed E-state index contributed by atoms with van der Waals surface area (Å²) in [5, 5.41) is 20.0. The van der Waals surface area contributed by atoms with E-state index in [0.29, 0.717) is 5.92 Å². The highest BCUT2D eigenvalue weighted by atomic mass is 16.4. The van der Waals surface area contributed by atoms with Gasteiger partial charge in [0.1, 0.15) is 0 Å². The number of aryl methyl sites for hydroxylation is 1. The second-order valence-electron chi connectivity index (χ2n) is 10.2. The van der Waals surface area contributed by atoms with E-state index in [1.807, 2.05) is 18.2 Å². The Morgan fingerprint density at radius 3 is 2.18 bits per heavy atom. The first kappa shape index (κ1) is 30.4. The fraction of sp³-hybridized carbons (Fsp3) is 0.710. The first-order valence-electron chi connectivity index (χ1n) is 14.1. The van der Waals surface area contributed by atoms with Crippen LogP contribution in [0, 0.1) is 17.8 Å². The monoisotopic (exact) mass is 472 g/mol. The van der Waals surface area contributed by atoms with Gasteiger partial charge in [-0.3, -0.25) is 4.79 Å². The van der Waals surface area contributed by atoms with E-state index in [1.165, 1.54) is 63.4 Å². The minimum atomic E-state index is -0.862. The number of hydrogen-bond donors (Lipinski definition) is 2. The van der Waals surface area contributed by atoms with Crippen molar-refractivity contribution in [1.82, 2.24) is 0 Å². The van der Waals surface area contributed by atoms with Gasteiger partial charge in [0.05, 0.1) is 12.0 Å². The maximum absolute atomic E-state index is 12.0. The van der Waals surface area contributed by atoms with Crippen molar-refractivity contribution in [3.8, 4) is 0 Å². The summed E-state index contributed by atoms with van der Waals surface area (Å²) >= 11 is 0. The van der Waals surface area contributed by atoms with Crippen molar-refractivity contribution < 1.29 is 15.0 Å². The molecule has 3 heteroatoms. The Morgan fingerprint density at radius 2 is 1.53 bits per heavy atom. The molecule has 0 aliphatic rings. The molecule has 0 aliphatic heterocycles. The van der Waals surface area contributed by atoms with E-state index in [1.54, 1.807) is 6.92 Å². The fourth-order valence-corrected chi connectivity index (χ4v) is 5.13. The number of aliphatic carboxylic acids is 1. The molecule has 34 heavy (non-hydrogen) atoms. The largest absolute Gasteiger partial charge is 0.481 e. The lowest BCUT2D eigenvalue weighted by atomic mass is 9.79. The Labute approximate surface area is 210 Å². The lowest BCUT2D eigenvalue weighted by molar-refractivity contribution is -0.148. The normalized spacial score (nSPS) is 15.3. The quantitative estimate of drug-likeness (QED) is 0.139. The van der Waals surface area contributed by atoms with Crippen LogP contribution in [0.3, 0.4) is 0 Å². The van der Waals surface area contributed by atoms with E-state index in [9.17, 15) is 15.0 Å². The molecule has 0 radical (unpaired) electrons. The molecule has 0 saturated carbocycles. The molecule has 0 fully saturated rings. The van der Waals surface area contributed by atoms with Crippen LogP contribution in [0.25, 0.3) is 0 Å². The zero-order chi connectivity index (χ0) is 25.0. The number of benzene rings is 1. The summed E-state index contributed by atoms with van der Waals surface area (Å²) in [4.78, 5) is 12.0. The van der Waals surface area contributed by atoms with E-state index in [-0.39, 0.29) is 5.92 Å². The highest BCUT2D eigenvalue weighted by Crippen LogP contribution is 2.30. The predicted molar refractivity (Wildman–Crippen MR) is 145 cm³/mol. The van der Waals surface area contributed by atoms with Crippen LogP contribution in [0.5, 0.6) is 0 Å². The molecule has 0 aliphatic carbocycles. The summed E-state index contributed by atoms with van der Waals surface area (Å²) in [6.07, 6.45) is 21.4. The third-order valence-corrected chi connectivity index (χ3v) is 7.22. The van der Waals surface area contributed by atoms with Gasteiger partial charge in [0.2, 0.25) is 0 Å². The van der Waals surface area contributed by atoms with Gasteiger partial charge in [-0.15, -0.1) is 0 Å². The number of carbonyl (C=O) groups is 1. The molecule has 3 nitrogen and oxygen atoms in total. The van der Waals surface area contributed by atoms with Crippen LogP contribution in [0.1, 0.15) is 116 Å². The molecule has 1 rings (SSSR count). The zero-order valence-corrected chi connectivity index (χ0v) is 22.3. The first-order valence-corrected chi connectivity index (χ1v) is 14.1. The maximum Gasteiger partial charge on any atom is 0.309 e. The molecule has 1 aromatic rings. The van der Waals surface area contributed by atoms with Gasteiger partial charge in [-0.2, -0.15) is 0 Å². The SMILES string of the molecule is CCCCCCC=CC[C@H](CCCCC)CCC[C@H](CCc1ccccc1)[C@H](C(=O)O)[C@H](C)O. The van der Waals surface area contributed by atoms with Crippen molar-refractivity contribution >= 4 is 5.97 Å². The fourth-order valence-electron chi connectivity index (χ4n) is 5.13. The van der Waals surface area contributed by atoms with Crippen molar-refractivity contribution in [3.63, 3.8) is 0 Å². The van der Waals surface area contributed by atoms with E-state index in [0.717, 1.165) is 38.5 Å². The van der Waals surface area contributed by atoms with Crippen LogP contribution in [0.2, 0.25) is 0 Å². The van der Waals surface area contributed by atoms with Gasteiger partial charge in [-0.05, 0) is 62.8 Å². The van der Waals surface area contributed by atoms with Crippen LogP contribution in [-0.4, -0.2) is 22.3 Å². The van der Waals surface area contributed by atoms with E-state index in [2.05, 4.69) is 38.1 Å². The molecule has 0 aromatic heterocycles. The first-order chi connectivity index (χ1) is 16.5. The third-order valence-electron chi connectivity index (χ3n) is 7.22. The number of carboxylic acid groups (broad SMARTS) is 1. The minimum absolute atomic E-state index is 0.00288. The summed E-state index contributed by atoms with van der Waals surface area (Å²) in [5.41, 5.74) is 1.24. The molecule has 1 aromatic carbocycles. The molecule has 0 amide bonds. The van der Waals surface area contributed by atoms with E-state index < -0.39 is 18.0 Å². The Kier molecular flexibility index (Phi) is 17.6. The average molecular weight is 473 g/mol. The molecule has 0 saturated heterocycles. The Hall–Kier alpha value is -1.61. The van der Waals surface area contributed by atoms with E-state index in [4.69, 9.17) is 0 Å². The molecular weight excluding hydrogens is 420 g/mol. The van der Waals surface area contributed by atoms with Crippen LogP contribution in [0.15, 0.2) is 42.5 Å². The average Bonchev–Trinajstić information content (AvgIpc) is 2.81. The number of rotatable bonds is 21. The van der Waals surface area contributed by atoms with Gasteiger partial charge in [0.25, 0.3) is 0 Å². The molecule has 0 unspecified atom stereocenters. The van der Waals surface area contributed by atoms with Crippen molar-refractivity contribution in [2.24, 2.45) is 17.8 Å². The second kappa shape index (κ2) is 19.7. The smallest absolute Gasteiger partial charge is 0.309 e. The number of aliphatic hydroxyl groups is 1. The summed E-state index contributed by atoms with van der Waals surface area (Å²) in [7, 11) is 0. The van der Waals surface area contributed by atoms with Crippen LogP contribution in [-0.2, 0) is 11.2 Å². The van der Waals surface area contributed by atoms with Gasteiger partial charge < -0.3 is 10.2 Å². The van der Waals surface area contributed by atoms with Crippen molar-refractivity contribution in [2.45, 2.75) is 123 Å². The number of unbranched alkanes of at least 4 members (excludes halogenated alkanes) is 6. The van der Waals surface area contributed by atoms with Gasteiger partial charge in [-0.25, -0.2) is 0 Å². The number of hydrogen-bond acceptors (Lipinski definition) is 2. The summed E-state index contributed by atoms with van der Waals surface area (Å²) in [6, 6.07) is 10.3. The highest BCUT2D eigenvalue weighted by Gasteiger charge is 2.31. The number of allylic oxidation sites excluding steroid dienone is 2.